The second kappa shape index (κ2) is 8.46. The lowest BCUT2D eigenvalue weighted by molar-refractivity contribution is -0.0211. The smallest absolute Gasteiger partial charge is 0.0825 e. The second-order valence-electron chi connectivity index (χ2n) is 5.34. The molecule has 0 aliphatic heterocycles. The molecule has 0 bridgehead atoms. The number of ether oxygens (including phenoxy) is 1. The Bertz CT molecular complexity index is 455. The summed E-state index contributed by atoms with van der Waals surface area (Å²) in [6.45, 7) is 3.08. The predicted molar refractivity (Wildman–Crippen MR) is 83.7 cm³/mol. The van der Waals surface area contributed by atoms with E-state index in [9.17, 15) is 0 Å². The highest BCUT2D eigenvalue weighted by Crippen LogP contribution is 2.30. The third kappa shape index (κ3) is 4.34. The van der Waals surface area contributed by atoms with E-state index < -0.39 is 0 Å². The van der Waals surface area contributed by atoms with Gasteiger partial charge in [0, 0.05) is 16.9 Å². The zero-order chi connectivity index (χ0) is 14.2. The topological polar surface area (TPSA) is 29.5 Å². The van der Waals surface area contributed by atoms with Gasteiger partial charge in [-0.25, -0.2) is 0 Å². The maximum absolute atomic E-state index is 8.77. The fourth-order valence-electron chi connectivity index (χ4n) is 2.82. The molecule has 0 spiro atoms. The zero-order valence-corrected chi connectivity index (χ0v) is 13.0. The highest BCUT2D eigenvalue weighted by molar-refractivity contribution is 7.10. The number of rotatable bonds is 5. The second-order valence-corrected chi connectivity index (χ2v) is 6.34. The van der Waals surface area contributed by atoms with Crippen molar-refractivity contribution in [3.63, 3.8) is 0 Å². The Labute approximate surface area is 126 Å². The minimum Gasteiger partial charge on any atom is -0.395 e. The van der Waals surface area contributed by atoms with E-state index in [1.807, 2.05) is 6.07 Å². The standard InChI is InChI=1S/C17H24O2S/c1-2-14-7-3-4-9-16(14)19-13-17-15(10-12-20-17)8-5-6-11-18/h10,12,14,16,18H,2-4,6-7,9,11,13H2,1H3. The molecule has 1 aliphatic carbocycles. The van der Waals surface area contributed by atoms with Crippen molar-refractivity contribution in [3.8, 4) is 11.8 Å². The summed E-state index contributed by atoms with van der Waals surface area (Å²) in [5.41, 5.74) is 1.06. The molecule has 1 aliphatic rings. The number of aliphatic hydroxyl groups excluding tert-OH is 1. The fraction of sp³-hybridized carbons (Fsp3) is 0.647. The molecule has 20 heavy (non-hydrogen) atoms. The van der Waals surface area contributed by atoms with E-state index in [1.54, 1.807) is 11.3 Å². The lowest BCUT2D eigenvalue weighted by Gasteiger charge is -2.30. The Balaban J connectivity index is 1.90. The van der Waals surface area contributed by atoms with E-state index in [2.05, 4.69) is 24.1 Å². The molecular weight excluding hydrogens is 268 g/mol. The van der Waals surface area contributed by atoms with Crippen molar-refractivity contribution in [2.45, 2.75) is 58.2 Å². The van der Waals surface area contributed by atoms with E-state index in [0.29, 0.717) is 19.1 Å². The summed E-state index contributed by atoms with van der Waals surface area (Å²) >= 11 is 1.71. The molecule has 2 rings (SSSR count). The maximum atomic E-state index is 8.77. The van der Waals surface area contributed by atoms with Gasteiger partial charge in [-0.1, -0.05) is 38.0 Å². The average Bonchev–Trinajstić information content (AvgIpc) is 2.93. The Hall–Kier alpha value is -0.820. The quantitative estimate of drug-likeness (QED) is 0.832. The van der Waals surface area contributed by atoms with Crippen LogP contribution in [0.4, 0.5) is 0 Å². The third-order valence-corrected chi connectivity index (χ3v) is 4.89. The summed E-state index contributed by atoms with van der Waals surface area (Å²) in [5.74, 6) is 6.84. The fourth-order valence-corrected chi connectivity index (χ4v) is 3.57. The van der Waals surface area contributed by atoms with Crippen LogP contribution in [0.25, 0.3) is 0 Å². The van der Waals surface area contributed by atoms with Crippen LogP contribution >= 0.6 is 11.3 Å². The van der Waals surface area contributed by atoms with Crippen molar-refractivity contribution in [2.24, 2.45) is 5.92 Å². The summed E-state index contributed by atoms with van der Waals surface area (Å²) < 4.78 is 6.17. The average molecular weight is 292 g/mol. The molecule has 1 heterocycles. The van der Waals surface area contributed by atoms with Gasteiger partial charge in [0.15, 0.2) is 0 Å². The van der Waals surface area contributed by atoms with Gasteiger partial charge < -0.3 is 9.84 Å². The Morgan fingerprint density at radius 2 is 2.25 bits per heavy atom. The molecule has 0 saturated heterocycles. The molecule has 0 radical (unpaired) electrons. The van der Waals surface area contributed by atoms with E-state index in [0.717, 1.165) is 11.5 Å². The van der Waals surface area contributed by atoms with Crippen molar-refractivity contribution in [1.82, 2.24) is 0 Å². The van der Waals surface area contributed by atoms with E-state index in [1.165, 1.54) is 37.0 Å². The summed E-state index contributed by atoms with van der Waals surface area (Å²) in [7, 11) is 0. The number of aliphatic hydroxyl groups is 1. The van der Waals surface area contributed by atoms with E-state index >= 15 is 0 Å². The van der Waals surface area contributed by atoms with Crippen LogP contribution in [0.15, 0.2) is 11.4 Å². The molecule has 1 N–H and O–H groups in total. The van der Waals surface area contributed by atoms with E-state index in [4.69, 9.17) is 9.84 Å². The molecule has 1 aromatic heterocycles. The first-order valence-corrected chi connectivity index (χ1v) is 8.50. The van der Waals surface area contributed by atoms with Gasteiger partial charge in [0.1, 0.15) is 0 Å². The SMILES string of the molecule is CCC1CCCCC1OCc1sccc1C#CCCO. The normalized spacial score (nSPS) is 22.3. The van der Waals surface area contributed by atoms with Crippen molar-refractivity contribution in [2.75, 3.05) is 6.61 Å². The van der Waals surface area contributed by atoms with Gasteiger partial charge in [0.25, 0.3) is 0 Å². The number of hydrogen-bond donors (Lipinski definition) is 1. The molecule has 2 unspecified atom stereocenters. The van der Waals surface area contributed by atoms with Gasteiger partial charge in [-0.2, -0.15) is 0 Å². The van der Waals surface area contributed by atoms with Crippen LogP contribution in [-0.4, -0.2) is 17.8 Å². The van der Waals surface area contributed by atoms with Crippen LogP contribution in [0.5, 0.6) is 0 Å². The third-order valence-electron chi connectivity index (χ3n) is 4.00. The number of hydrogen-bond acceptors (Lipinski definition) is 3. The highest BCUT2D eigenvalue weighted by Gasteiger charge is 2.24. The van der Waals surface area contributed by atoms with Crippen LogP contribution in [0.3, 0.4) is 0 Å². The molecule has 0 amide bonds. The minimum absolute atomic E-state index is 0.128. The Morgan fingerprint density at radius 1 is 1.40 bits per heavy atom. The van der Waals surface area contributed by atoms with Crippen molar-refractivity contribution in [3.05, 3.63) is 21.9 Å². The van der Waals surface area contributed by atoms with Gasteiger partial charge in [-0.3, -0.25) is 0 Å². The van der Waals surface area contributed by atoms with Gasteiger partial charge in [0.2, 0.25) is 0 Å². The van der Waals surface area contributed by atoms with Gasteiger partial charge >= 0.3 is 0 Å². The minimum atomic E-state index is 0.128. The predicted octanol–water partition coefficient (Wildman–Crippen LogP) is 3.97. The lowest BCUT2D eigenvalue weighted by Crippen LogP contribution is -2.27. The molecule has 1 aromatic rings. The summed E-state index contributed by atoms with van der Waals surface area (Å²) in [5, 5.41) is 10.8. The highest BCUT2D eigenvalue weighted by atomic mass is 32.1. The van der Waals surface area contributed by atoms with Gasteiger partial charge in [-0.05, 0) is 30.2 Å². The molecule has 3 heteroatoms. The monoisotopic (exact) mass is 292 g/mol. The lowest BCUT2D eigenvalue weighted by atomic mass is 9.85. The molecule has 2 nitrogen and oxygen atoms in total. The largest absolute Gasteiger partial charge is 0.395 e. The Morgan fingerprint density at radius 3 is 3.05 bits per heavy atom. The maximum Gasteiger partial charge on any atom is 0.0825 e. The van der Waals surface area contributed by atoms with Crippen LogP contribution in [0, 0.1) is 17.8 Å². The van der Waals surface area contributed by atoms with Crippen molar-refractivity contribution in [1.29, 1.82) is 0 Å². The molecule has 110 valence electrons. The molecule has 1 fully saturated rings. The van der Waals surface area contributed by atoms with Crippen LogP contribution < -0.4 is 0 Å². The number of thiophene rings is 1. The van der Waals surface area contributed by atoms with Crippen LogP contribution in [0.1, 0.15) is 55.9 Å². The first-order valence-electron chi connectivity index (χ1n) is 7.62. The van der Waals surface area contributed by atoms with Crippen molar-refractivity contribution >= 4 is 11.3 Å². The molecule has 1 saturated carbocycles. The summed E-state index contributed by atoms with van der Waals surface area (Å²) in [6, 6.07) is 2.05. The summed E-state index contributed by atoms with van der Waals surface area (Å²) in [6.07, 6.45) is 7.36. The molecule has 2 atom stereocenters. The zero-order valence-electron chi connectivity index (χ0n) is 12.2. The van der Waals surface area contributed by atoms with Crippen LogP contribution in [0.2, 0.25) is 0 Å². The molecule has 0 aromatic carbocycles. The van der Waals surface area contributed by atoms with Gasteiger partial charge in [-0.15, -0.1) is 11.3 Å². The van der Waals surface area contributed by atoms with E-state index in [-0.39, 0.29) is 6.61 Å². The summed E-state index contributed by atoms with van der Waals surface area (Å²) in [4.78, 5) is 1.22. The first-order chi connectivity index (χ1) is 9.85. The Kier molecular flexibility index (Phi) is 6.59. The molecular formula is C17H24O2S. The van der Waals surface area contributed by atoms with Crippen LogP contribution in [-0.2, 0) is 11.3 Å². The first kappa shape index (κ1) is 15.6. The van der Waals surface area contributed by atoms with Gasteiger partial charge in [0.05, 0.1) is 19.3 Å². The van der Waals surface area contributed by atoms with Crippen molar-refractivity contribution < 1.29 is 9.84 Å².